The first-order valence-corrected chi connectivity index (χ1v) is 12.7. The topological polar surface area (TPSA) is 39.2 Å². The van der Waals surface area contributed by atoms with Crippen LogP contribution in [-0.2, 0) is 0 Å². The van der Waals surface area contributed by atoms with Crippen LogP contribution in [0.3, 0.4) is 0 Å². The standard InChI is InChI=1S/C28H34BrN3O2/c1-30(2)19-20-34-28-6-4-3-5-26(28)32-17-15-31(16-18-32)21-27(33)24-9-7-22(8-10-24)23-11-13-25(29)14-12-23/h3-14,27,33H,15-21H2,1-2H3/t27-/m1/s1. The first-order chi connectivity index (χ1) is 16.5. The van der Waals surface area contributed by atoms with Gasteiger partial charge in [-0.15, -0.1) is 0 Å². The van der Waals surface area contributed by atoms with Gasteiger partial charge in [-0.2, -0.15) is 0 Å². The highest BCUT2D eigenvalue weighted by Crippen LogP contribution is 2.29. The van der Waals surface area contributed by atoms with E-state index in [-0.39, 0.29) is 0 Å². The molecule has 1 heterocycles. The fraction of sp³-hybridized carbons (Fsp3) is 0.357. The number of piperazine rings is 1. The third-order valence-corrected chi connectivity index (χ3v) is 6.81. The van der Waals surface area contributed by atoms with Crippen LogP contribution in [0, 0.1) is 0 Å². The molecule has 3 aromatic rings. The zero-order chi connectivity index (χ0) is 23.9. The van der Waals surface area contributed by atoms with Gasteiger partial charge >= 0.3 is 0 Å². The average molecular weight is 525 g/mol. The van der Waals surface area contributed by atoms with E-state index in [9.17, 15) is 5.11 Å². The maximum atomic E-state index is 10.9. The van der Waals surface area contributed by atoms with Gasteiger partial charge in [0.2, 0.25) is 0 Å². The third kappa shape index (κ3) is 6.60. The molecular formula is C28H34BrN3O2. The molecule has 1 fully saturated rings. The zero-order valence-electron chi connectivity index (χ0n) is 20.0. The summed E-state index contributed by atoms with van der Waals surface area (Å²) in [6.45, 7) is 5.89. The van der Waals surface area contributed by atoms with Crippen molar-refractivity contribution >= 4 is 21.6 Å². The number of nitrogens with zero attached hydrogens (tertiary/aromatic N) is 3. The Morgan fingerprint density at radius 3 is 2.15 bits per heavy atom. The van der Waals surface area contributed by atoms with Crippen LogP contribution in [0.25, 0.3) is 11.1 Å². The molecule has 3 aromatic carbocycles. The van der Waals surface area contributed by atoms with Gasteiger partial charge in [-0.05, 0) is 55.1 Å². The van der Waals surface area contributed by atoms with Gasteiger partial charge in [0, 0.05) is 43.7 Å². The molecule has 6 heteroatoms. The fourth-order valence-electron chi connectivity index (χ4n) is 4.24. The number of β-amino-alcohol motifs (C(OH)–C–C–N with tert-alkyl or cyclic N) is 1. The smallest absolute Gasteiger partial charge is 0.142 e. The average Bonchev–Trinajstić information content (AvgIpc) is 2.85. The molecule has 1 N–H and O–H groups in total. The number of aliphatic hydroxyl groups is 1. The van der Waals surface area contributed by atoms with Crippen molar-refractivity contribution < 1.29 is 9.84 Å². The SMILES string of the molecule is CN(C)CCOc1ccccc1N1CCN(C[C@@H](O)c2ccc(-c3ccc(Br)cc3)cc2)CC1. The van der Waals surface area contributed by atoms with Crippen LogP contribution in [0.2, 0.25) is 0 Å². The second-order valence-electron chi connectivity index (χ2n) is 9.05. The minimum absolute atomic E-state index is 0.493. The van der Waals surface area contributed by atoms with Gasteiger partial charge < -0.3 is 19.6 Å². The molecule has 180 valence electrons. The van der Waals surface area contributed by atoms with E-state index in [0.717, 1.165) is 59.8 Å². The number of hydrogen-bond acceptors (Lipinski definition) is 5. The molecule has 1 aliphatic heterocycles. The Hall–Kier alpha value is -2.38. The van der Waals surface area contributed by atoms with Crippen LogP contribution in [-0.4, -0.2) is 74.9 Å². The lowest BCUT2D eigenvalue weighted by atomic mass is 10.0. The van der Waals surface area contributed by atoms with Gasteiger partial charge in [-0.25, -0.2) is 0 Å². The number of ether oxygens (including phenoxy) is 1. The van der Waals surface area contributed by atoms with Gasteiger partial charge in [-0.1, -0.05) is 64.5 Å². The number of benzene rings is 3. The molecule has 1 aliphatic rings. The summed E-state index contributed by atoms with van der Waals surface area (Å²) in [5, 5.41) is 10.9. The largest absolute Gasteiger partial charge is 0.490 e. The number of para-hydroxylation sites is 2. The van der Waals surface area contributed by atoms with Crippen molar-refractivity contribution in [2.75, 3.05) is 64.9 Å². The molecule has 0 radical (unpaired) electrons. The lowest BCUT2D eigenvalue weighted by Crippen LogP contribution is -2.47. The summed E-state index contributed by atoms with van der Waals surface area (Å²) in [5.41, 5.74) is 4.45. The van der Waals surface area contributed by atoms with Gasteiger partial charge in [0.15, 0.2) is 0 Å². The van der Waals surface area contributed by atoms with E-state index in [1.165, 1.54) is 5.56 Å². The predicted molar refractivity (Wildman–Crippen MR) is 144 cm³/mol. The lowest BCUT2D eigenvalue weighted by Gasteiger charge is -2.37. The molecule has 4 rings (SSSR count). The van der Waals surface area contributed by atoms with Crippen molar-refractivity contribution in [3.05, 3.63) is 82.8 Å². The molecule has 0 aromatic heterocycles. The second-order valence-corrected chi connectivity index (χ2v) is 9.97. The molecule has 0 saturated carbocycles. The van der Waals surface area contributed by atoms with Crippen molar-refractivity contribution in [3.63, 3.8) is 0 Å². The molecule has 0 aliphatic carbocycles. The summed E-state index contributed by atoms with van der Waals surface area (Å²) in [6.07, 6.45) is -0.493. The van der Waals surface area contributed by atoms with Crippen molar-refractivity contribution in [1.82, 2.24) is 9.80 Å². The Balaban J connectivity index is 1.30. The van der Waals surface area contributed by atoms with Gasteiger partial charge in [0.25, 0.3) is 0 Å². The Kier molecular flexibility index (Phi) is 8.62. The Morgan fingerprint density at radius 2 is 1.50 bits per heavy atom. The number of anilines is 1. The second kappa shape index (κ2) is 11.8. The monoisotopic (exact) mass is 523 g/mol. The highest BCUT2D eigenvalue weighted by atomic mass is 79.9. The summed E-state index contributed by atoms with van der Waals surface area (Å²) < 4.78 is 7.13. The third-order valence-electron chi connectivity index (χ3n) is 6.28. The summed E-state index contributed by atoms with van der Waals surface area (Å²) >= 11 is 3.48. The molecule has 1 atom stereocenters. The van der Waals surface area contributed by atoms with Crippen molar-refractivity contribution in [2.45, 2.75) is 6.10 Å². The van der Waals surface area contributed by atoms with Crippen molar-refractivity contribution in [3.8, 4) is 16.9 Å². The minimum Gasteiger partial charge on any atom is -0.490 e. The summed E-state index contributed by atoms with van der Waals surface area (Å²) in [6, 6.07) is 24.9. The van der Waals surface area contributed by atoms with Crippen molar-refractivity contribution in [2.24, 2.45) is 0 Å². The Labute approximate surface area is 211 Å². The van der Waals surface area contributed by atoms with Crippen LogP contribution in [0.4, 0.5) is 5.69 Å². The Bertz CT molecular complexity index is 1030. The van der Waals surface area contributed by atoms with E-state index in [4.69, 9.17) is 4.74 Å². The summed E-state index contributed by atoms with van der Waals surface area (Å²) in [4.78, 5) is 6.86. The van der Waals surface area contributed by atoms with Gasteiger partial charge in [0.1, 0.15) is 12.4 Å². The van der Waals surface area contributed by atoms with Gasteiger partial charge in [-0.3, -0.25) is 4.90 Å². The minimum atomic E-state index is -0.493. The highest BCUT2D eigenvalue weighted by molar-refractivity contribution is 9.10. The maximum Gasteiger partial charge on any atom is 0.142 e. The summed E-state index contributed by atoms with van der Waals surface area (Å²) in [5.74, 6) is 0.948. The number of likely N-dealkylation sites (N-methyl/N-ethyl adjacent to an activating group) is 1. The fourth-order valence-corrected chi connectivity index (χ4v) is 4.50. The van der Waals surface area contributed by atoms with E-state index >= 15 is 0 Å². The maximum absolute atomic E-state index is 10.9. The van der Waals surface area contributed by atoms with E-state index in [0.29, 0.717) is 13.2 Å². The van der Waals surface area contributed by atoms with Crippen molar-refractivity contribution in [1.29, 1.82) is 0 Å². The molecule has 1 saturated heterocycles. The first-order valence-electron chi connectivity index (χ1n) is 11.9. The molecule has 0 bridgehead atoms. The summed E-state index contributed by atoms with van der Waals surface area (Å²) in [7, 11) is 4.11. The zero-order valence-corrected chi connectivity index (χ0v) is 21.6. The van der Waals surface area contributed by atoms with E-state index < -0.39 is 6.10 Å². The number of aliphatic hydroxyl groups excluding tert-OH is 1. The van der Waals surface area contributed by atoms with Crippen LogP contribution >= 0.6 is 15.9 Å². The molecule has 0 amide bonds. The first kappa shape index (κ1) is 24.7. The highest BCUT2D eigenvalue weighted by Gasteiger charge is 2.22. The molecule has 0 spiro atoms. The van der Waals surface area contributed by atoms with Gasteiger partial charge in [0.05, 0.1) is 11.8 Å². The molecule has 34 heavy (non-hydrogen) atoms. The Morgan fingerprint density at radius 1 is 0.882 bits per heavy atom. The van der Waals surface area contributed by atoms with E-state index in [2.05, 4.69) is 87.2 Å². The molecular weight excluding hydrogens is 490 g/mol. The molecule has 0 unspecified atom stereocenters. The quantitative estimate of drug-likeness (QED) is 0.431. The van der Waals surface area contributed by atoms with Crippen LogP contribution in [0.1, 0.15) is 11.7 Å². The van der Waals surface area contributed by atoms with E-state index in [1.54, 1.807) is 0 Å². The number of halogens is 1. The normalized spacial score (nSPS) is 15.5. The predicted octanol–water partition coefficient (Wildman–Crippen LogP) is 4.91. The van der Waals surface area contributed by atoms with Crippen LogP contribution < -0.4 is 9.64 Å². The van der Waals surface area contributed by atoms with Crippen LogP contribution in [0.5, 0.6) is 5.75 Å². The van der Waals surface area contributed by atoms with Crippen LogP contribution in [0.15, 0.2) is 77.3 Å². The lowest BCUT2D eigenvalue weighted by molar-refractivity contribution is 0.109. The number of hydrogen-bond donors (Lipinski definition) is 1. The van der Waals surface area contributed by atoms with E-state index in [1.807, 2.05) is 30.3 Å². The number of rotatable bonds is 9. The molecule has 5 nitrogen and oxygen atoms in total.